The lowest BCUT2D eigenvalue weighted by atomic mass is 10.0. The molecule has 0 bridgehead atoms. The van der Waals surface area contributed by atoms with Crippen molar-refractivity contribution in [2.45, 2.75) is 29.6 Å². The van der Waals surface area contributed by atoms with E-state index in [9.17, 15) is 17.6 Å². The summed E-state index contributed by atoms with van der Waals surface area (Å²) in [5.41, 5.74) is 1.39. The molecule has 5 rings (SSSR count). The van der Waals surface area contributed by atoms with Gasteiger partial charge in [-0.2, -0.15) is 0 Å². The minimum absolute atomic E-state index is 0.0372. The first-order chi connectivity index (χ1) is 16.3. The Morgan fingerprint density at radius 3 is 2.74 bits per heavy atom. The lowest BCUT2D eigenvalue weighted by molar-refractivity contribution is -0.0348. The summed E-state index contributed by atoms with van der Waals surface area (Å²) >= 11 is 0. The molecule has 2 fully saturated rings. The van der Waals surface area contributed by atoms with Crippen molar-refractivity contribution in [3.8, 4) is 5.75 Å². The summed E-state index contributed by atoms with van der Waals surface area (Å²) in [6.07, 6.45) is 1.66. The maximum absolute atomic E-state index is 14.1. The summed E-state index contributed by atoms with van der Waals surface area (Å²) in [5, 5.41) is 0. The van der Waals surface area contributed by atoms with E-state index >= 15 is 0 Å². The quantitative estimate of drug-likeness (QED) is 0.325. The number of carbonyl (C=O) groups excluding carboxylic acids is 1. The lowest BCUT2D eigenvalue weighted by Gasteiger charge is -2.22. The second kappa shape index (κ2) is 8.83. The Morgan fingerprint density at radius 1 is 1.15 bits per heavy atom. The molecule has 0 aromatic heterocycles. The molecule has 2 aromatic carbocycles. The van der Waals surface area contributed by atoms with E-state index in [4.69, 9.17) is 18.9 Å². The van der Waals surface area contributed by atoms with E-state index in [0.29, 0.717) is 42.8 Å². The normalized spacial score (nSPS) is 24.4. The average molecular weight is 492 g/mol. The average Bonchev–Trinajstić information content (AvgIpc) is 3.72. The highest BCUT2D eigenvalue weighted by Crippen LogP contribution is 2.55. The van der Waals surface area contributed by atoms with Gasteiger partial charge in [0.25, 0.3) is 10.0 Å². The van der Waals surface area contributed by atoms with Crippen molar-refractivity contribution in [3.63, 3.8) is 0 Å². The van der Waals surface area contributed by atoms with Crippen LogP contribution < -0.4 is 9.46 Å². The van der Waals surface area contributed by atoms with Crippen LogP contribution in [0.5, 0.6) is 5.75 Å². The molecular weight excluding hydrogens is 465 g/mol. The molecule has 1 aliphatic heterocycles. The summed E-state index contributed by atoms with van der Waals surface area (Å²) in [6, 6.07) is 6.97. The molecule has 3 aliphatic rings. The van der Waals surface area contributed by atoms with Gasteiger partial charge in [-0.05, 0) is 66.0 Å². The predicted molar refractivity (Wildman–Crippen MR) is 120 cm³/mol. The Morgan fingerprint density at radius 2 is 1.97 bits per heavy atom. The smallest absolute Gasteiger partial charge is 0.343 e. The molecule has 1 N–H and O–H groups in total. The summed E-state index contributed by atoms with van der Waals surface area (Å²) < 4.78 is 64.6. The number of rotatable bonds is 9. The van der Waals surface area contributed by atoms with Crippen LogP contribution in [0.15, 0.2) is 35.2 Å². The third-order valence-corrected chi connectivity index (χ3v) is 8.14. The van der Waals surface area contributed by atoms with Crippen molar-refractivity contribution in [2.24, 2.45) is 11.8 Å². The topological polar surface area (TPSA) is 100 Å². The number of carbonyl (C=O) groups is 1. The van der Waals surface area contributed by atoms with Gasteiger partial charge >= 0.3 is 5.97 Å². The Balaban J connectivity index is 1.47. The minimum Gasteiger partial charge on any atom is -0.492 e. The van der Waals surface area contributed by atoms with Crippen molar-refractivity contribution < 1.29 is 36.6 Å². The maximum atomic E-state index is 14.1. The number of fused-ring (bicyclic) bond motifs is 3. The molecular formula is C24H26FNO7S. The molecule has 34 heavy (non-hydrogen) atoms. The van der Waals surface area contributed by atoms with Crippen LogP contribution in [0.1, 0.15) is 46.2 Å². The van der Waals surface area contributed by atoms with Crippen molar-refractivity contribution >= 4 is 21.7 Å². The summed E-state index contributed by atoms with van der Waals surface area (Å²) in [5.74, 6) is -0.185. The maximum Gasteiger partial charge on any atom is 0.343 e. The first-order valence-electron chi connectivity index (χ1n) is 11.1. The van der Waals surface area contributed by atoms with Crippen LogP contribution in [0.3, 0.4) is 0 Å². The molecule has 2 aliphatic carbocycles. The minimum atomic E-state index is -4.15. The fourth-order valence-electron chi connectivity index (χ4n) is 4.79. The zero-order chi connectivity index (χ0) is 24.0. The van der Waals surface area contributed by atoms with Gasteiger partial charge in [0.05, 0.1) is 30.9 Å². The van der Waals surface area contributed by atoms with E-state index in [0.717, 1.165) is 18.1 Å². The zero-order valence-electron chi connectivity index (χ0n) is 18.9. The Labute approximate surface area is 197 Å². The number of hydrogen-bond acceptors (Lipinski definition) is 7. The number of hydrogen-bond donors (Lipinski definition) is 1. The van der Waals surface area contributed by atoms with E-state index in [1.807, 2.05) is 0 Å². The van der Waals surface area contributed by atoms with Gasteiger partial charge < -0.3 is 18.9 Å². The van der Waals surface area contributed by atoms with Crippen LogP contribution in [-0.4, -0.2) is 48.6 Å². The van der Waals surface area contributed by atoms with Crippen LogP contribution in [-0.2, 0) is 24.2 Å². The largest absolute Gasteiger partial charge is 0.492 e. The molecule has 2 aromatic rings. The van der Waals surface area contributed by atoms with Gasteiger partial charge in [-0.15, -0.1) is 0 Å². The summed E-state index contributed by atoms with van der Waals surface area (Å²) in [4.78, 5) is 12.6. The van der Waals surface area contributed by atoms with Crippen molar-refractivity contribution in [2.75, 3.05) is 38.9 Å². The third kappa shape index (κ3) is 4.25. The molecule has 10 heteroatoms. The SMILES string of the molecule is COCOCC1CC1c1cc(F)ccc1S(=O)(=O)Nc1ccc2c(c1C(=O)OC)OC[C@@H]1C[C@H]21. The highest BCUT2D eigenvalue weighted by Gasteiger charge is 2.46. The van der Waals surface area contributed by atoms with E-state index in [1.165, 1.54) is 26.4 Å². The Hall–Kier alpha value is -2.69. The van der Waals surface area contributed by atoms with Crippen molar-refractivity contribution in [3.05, 3.63) is 52.8 Å². The van der Waals surface area contributed by atoms with Crippen molar-refractivity contribution in [1.29, 1.82) is 0 Å². The van der Waals surface area contributed by atoms with E-state index < -0.39 is 21.8 Å². The summed E-state index contributed by atoms with van der Waals surface area (Å²) in [7, 11) is -1.40. The van der Waals surface area contributed by atoms with Crippen LogP contribution in [0.2, 0.25) is 0 Å². The van der Waals surface area contributed by atoms with Gasteiger partial charge in [-0.3, -0.25) is 4.72 Å². The predicted octanol–water partition coefficient (Wildman–Crippen LogP) is 3.63. The number of anilines is 1. The number of nitrogens with one attached hydrogen (secondary N) is 1. The summed E-state index contributed by atoms with van der Waals surface area (Å²) in [6.45, 7) is 1.00. The second-order valence-electron chi connectivity index (χ2n) is 8.98. The highest BCUT2D eigenvalue weighted by atomic mass is 32.2. The van der Waals surface area contributed by atoms with Gasteiger partial charge in [-0.1, -0.05) is 6.07 Å². The van der Waals surface area contributed by atoms with E-state index in [-0.39, 0.29) is 34.8 Å². The Bertz CT molecular complexity index is 1230. The number of methoxy groups -OCH3 is 2. The number of halogens is 1. The molecule has 0 radical (unpaired) electrons. The molecule has 2 unspecified atom stereocenters. The first kappa shape index (κ1) is 23.1. The molecule has 8 nitrogen and oxygen atoms in total. The number of sulfonamides is 1. The molecule has 0 spiro atoms. The Kier molecular flexibility index (Phi) is 5.99. The number of ether oxygens (including phenoxy) is 4. The monoisotopic (exact) mass is 491 g/mol. The molecule has 4 atom stereocenters. The lowest BCUT2D eigenvalue weighted by Crippen LogP contribution is -2.20. The van der Waals surface area contributed by atoms with Gasteiger partial charge in [0.15, 0.2) is 0 Å². The van der Waals surface area contributed by atoms with Gasteiger partial charge in [0.2, 0.25) is 0 Å². The molecule has 0 amide bonds. The number of esters is 1. The van der Waals surface area contributed by atoms with Crippen LogP contribution in [0.25, 0.3) is 0 Å². The van der Waals surface area contributed by atoms with Gasteiger partial charge in [-0.25, -0.2) is 17.6 Å². The van der Waals surface area contributed by atoms with Crippen LogP contribution >= 0.6 is 0 Å². The van der Waals surface area contributed by atoms with Crippen molar-refractivity contribution in [1.82, 2.24) is 0 Å². The standard InChI is InChI=1S/C24H26FNO7S/c1-30-12-32-10-13-7-18(13)19-9-15(25)3-6-21(19)34(28,29)26-20-5-4-16-17-8-14(17)11-33-23(16)22(20)24(27)31-2/h3-6,9,13-14,17-18,26H,7-8,10-12H2,1-2H3/t13?,14-,17-,18?/m0/s1. The first-order valence-corrected chi connectivity index (χ1v) is 12.6. The third-order valence-electron chi connectivity index (χ3n) is 6.70. The molecule has 0 saturated heterocycles. The van der Waals surface area contributed by atoms with Gasteiger partial charge in [0, 0.05) is 13.0 Å². The highest BCUT2D eigenvalue weighted by molar-refractivity contribution is 7.92. The number of benzene rings is 2. The molecule has 2 saturated carbocycles. The molecule has 182 valence electrons. The fraction of sp³-hybridized carbons (Fsp3) is 0.458. The van der Waals surface area contributed by atoms with Crippen LogP contribution in [0, 0.1) is 17.7 Å². The van der Waals surface area contributed by atoms with Gasteiger partial charge in [0.1, 0.15) is 23.9 Å². The van der Waals surface area contributed by atoms with Crippen LogP contribution in [0.4, 0.5) is 10.1 Å². The second-order valence-corrected chi connectivity index (χ2v) is 10.6. The zero-order valence-corrected chi connectivity index (χ0v) is 19.7. The van der Waals surface area contributed by atoms with E-state index in [2.05, 4.69) is 4.72 Å². The fourth-order valence-corrected chi connectivity index (χ4v) is 6.13. The molecule has 1 heterocycles. The van der Waals surface area contributed by atoms with E-state index in [1.54, 1.807) is 12.1 Å².